The minimum atomic E-state index is -0.118. The molecule has 0 amide bonds. The molecule has 6 nitrogen and oxygen atoms in total. The van der Waals surface area contributed by atoms with E-state index in [9.17, 15) is 0 Å². The SMILES string of the molecule is C.C.C.C.C.C.CCC1(COC/C=C/N)C(OC/C=C/N)C1OC/C=C/N. The average Bonchev–Trinajstić information content (AvgIpc) is 3.11. The Labute approximate surface area is 170 Å². The fourth-order valence-electron chi connectivity index (χ4n) is 2.39. The van der Waals surface area contributed by atoms with E-state index in [4.69, 9.17) is 31.4 Å². The maximum absolute atomic E-state index is 5.83. The fourth-order valence-corrected chi connectivity index (χ4v) is 2.39. The lowest BCUT2D eigenvalue weighted by Gasteiger charge is -2.15. The van der Waals surface area contributed by atoms with Crippen molar-refractivity contribution in [1.29, 1.82) is 0 Å². The predicted octanol–water partition coefficient (Wildman–Crippen LogP) is 4.42. The van der Waals surface area contributed by atoms with Crippen molar-refractivity contribution >= 4 is 0 Å². The van der Waals surface area contributed by atoms with Crippen LogP contribution in [-0.4, -0.2) is 38.6 Å². The van der Waals surface area contributed by atoms with Gasteiger partial charge in [-0.05, 0) is 43.2 Å². The summed E-state index contributed by atoms with van der Waals surface area (Å²) in [6.07, 6.45) is 10.7. The number of hydrogen-bond donors (Lipinski definition) is 3. The van der Waals surface area contributed by atoms with Crippen molar-refractivity contribution in [1.82, 2.24) is 0 Å². The average molecular weight is 394 g/mol. The normalized spacial score (nSPS) is 22.6. The molecule has 2 atom stereocenters. The van der Waals surface area contributed by atoms with Crippen LogP contribution < -0.4 is 17.2 Å². The summed E-state index contributed by atoms with van der Waals surface area (Å²) < 4.78 is 17.3. The summed E-state index contributed by atoms with van der Waals surface area (Å²) in [4.78, 5) is 0. The van der Waals surface area contributed by atoms with Crippen LogP contribution >= 0.6 is 0 Å². The highest BCUT2D eigenvalue weighted by atomic mass is 16.6. The molecule has 1 saturated carbocycles. The van der Waals surface area contributed by atoms with Crippen LogP contribution in [0.15, 0.2) is 36.8 Å². The molecular weight excluding hydrogens is 342 g/mol. The Morgan fingerprint density at radius 1 is 0.704 bits per heavy atom. The molecule has 0 aliphatic heterocycles. The minimum absolute atomic E-state index is 0. The van der Waals surface area contributed by atoms with Gasteiger partial charge in [0.05, 0.1) is 44.1 Å². The van der Waals surface area contributed by atoms with Gasteiger partial charge in [0.2, 0.25) is 0 Å². The van der Waals surface area contributed by atoms with Gasteiger partial charge in [0.25, 0.3) is 0 Å². The van der Waals surface area contributed by atoms with Gasteiger partial charge in [-0.15, -0.1) is 0 Å². The first kappa shape index (κ1) is 40.3. The molecule has 6 heteroatoms. The Hall–Kier alpha value is -1.50. The maximum atomic E-state index is 5.83. The van der Waals surface area contributed by atoms with Crippen LogP contribution in [-0.2, 0) is 14.2 Å². The van der Waals surface area contributed by atoms with Crippen molar-refractivity contribution in [3.63, 3.8) is 0 Å². The molecule has 1 rings (SSSR count). The van der Waals surface area contributed by atoms with Gasteiger partial charge in [-0.2, -0.15) is 0 Å². The molecule has 168 valence electrons. The molecule has 6 N–H and O–H groups in total. The van der Waals surface area contributed by atoms with E-state index >= 15 is 0 Å². The zero-order valence-electron chi connectivity index (χ0n) is 12.6. The maximum Gasteiger partial charge on any atom is 0.0952 e. The van der Waals surface area contributed by atoms with Gasteiger partial charge in [-0.25, -0.2) is 0 Å². The largest absolute Gasteiger partial charge is 0.405 e. The van der Waals surface area contributed by atoms with Crippen molar-refractivity contribution in [2.45, 2.75) is 70.1 Å². The lowest BCUT2D eigenvalue weighted by molar-refractivity contribution is 0.0515. The number of hydrogen-bond acceptors (Lipinski definition) is 6. The van der Waals surface area contributed by atoms with Crippen molar-refractivity contribution in [3.8, 4) is 0 Å². The molecule has 0 bridgehead atoms. The first-order valence-electron chi connectivity index (χ1n) is 7.18. The Bertz CT molecular complexity index is 350. The highest BCUT2D eigenvalue weighted by Gasteiger charge is 2.66. The van der Waals surface area contributed by atoms with E-state index in [0.29, 0.717) is 26.4 Å². The van der Waals surface area contributed by atoms with Crippen LogP contribution in [0.4, 0.5) is 0 Å². The summed E-state index contributed by atoms with van der Waals surface area (Å²) in [5.41, 5.74) is 15.8. The molecule has 0 radical (unpaired) electrons. The Morgan fingerprint density at radius 2 is 1.07 bits per heavy atom. The third kappa shape index (κ3) is 11.7. The van der Waals surface area contributed by atoms with Gasteiger partial charge >= 0.3 is 0 Å². The van der Waals surface area contributed by atoms with Gasteiger partial charge in [-0.3, -0.25) is 0 Å². The van der Waals surface area contributed by atoms with Crippen LogP contribution in [0.1, 0.15) is 57.9 Å². The molecule has 0 spiro atoms. The molecule has 1 fully saturated rings. The van der Waals surface area contributed by atoms with Crippen LogP contribution in [0.2, 0.25) is 0 Å². The summed E-state index contributed by atoms with van der Waals surface area (Å²) in [7, 11) is 0. The standard InChI is InChI=1S/C15H27N3O3.6CH4/c1-2-15(12-19-9-3-6-16)13(20-10-4-7-17)14(15)21-11-5-8-18;;;;;;/h3-8,13-14H,2,9-12,16-18H2,1H3;6*1H4/b6-3+,7-4+,8-5+;;;;;;. The fraction of sp³-hybridized carbons (Fsp3) is 0.714. The minimum Gasteiger partial charge on any atom is -0.405 e. The number of rotatable bonds is 11. The molecule has 0 heterocycles. The summed E-state index contributed by atoms with van der Waals surface area (Å²) in [5.74, 6) is 0. The van der Waals surface area contributed by atoms with Crippen LogP contribution in [0, 0.1) is 5.41 Å². The summed E-state index contributed by atoms with van der Waals surface area (Å²) >= 11 is 0. The molecule has 1 aliphatic rings. The van der Waals surface area contributed by atoms with E-state index in [1.165, 1.54) is 18.6 Å². The van der Waals surface area contributed by atoms with Crippen molar-refractivity contribution in [2.24, 2.45) is 22.6 Å². The quantitative estimate of drug-likeness (QED) is 0.449. The molecule has 0 saturated heterocycles. The number of nitrogens with two attached hydrogens (primary N) is 3. The zero-order valence-corrected chi connectivity index (χ0v) is 12.6. The van der Waals surface area contributed by atoms with Crippen LogP contribution in [0.5, 0.6) is 0 Å². The molecule has 0 aromatic rings. The second-order valence-electron chi connectivity index (χ2n) is 4.89. The van der Waals surface area contributed by atoms with Gasteiger partial charge in [-0.1, -0.05) is 51.5 Å². The van der Waals surface area contributed by atoms with Gasteiger partial charge < -0.3 is 31.4 Å². The molecule has 0 aromatic heterocycles. The Balaban J connectivity index is -0.000000184. The van der Waals surface area contributed by atoms with E-state index in [0.717, 1.165) is 6.42 Å². The second-order valence-corrected chi connectivity index (χ2v) is 4.89. The zero-order chi connectivity index (χ0) is 15.6. The monoisotopic (exact) mass is 393 g/mol. The first-order valence-corrected chi connectivity index (χ1v) is 7.18. The number of ether oxygens (including phenoxy) is 3. The third-order valence-corrected chi connectivity index (χ3v) is 3.69. The third-order valence-electron chi connectivity index (χ3n) is 3.69. The molecule has 2 unspecified atom stereocenters. The molecule has 1 aliphatic carbocycles. The van der Waals surface area contributed by atoms with E-state index in [2.05, 4.69) is 6.92 Å². The molecular formula is C21H51N3O3. The summed E-state index contributed by atoms with van der Waals surface area (Å²) in [6, 6.07) is 0. The molecule has 0 aromatic carbocycles. The van der Waals surface area contributed by atoms with Crippen molar-refractivity contribution < 1.29 is 14.2 Å². The topological polar surface area (TPSA) is 106 Å². The first-order chi connectivity index (χ1) is 10.3. The predicted molar refractivity (Wildman–Crippen MR) is 123 cm³/mol. The van der Waals surface area contributed by atoms with Crippen molar-refractivity contribution in [2.75, 3.05) is 26.4 Å². The smallest absolute Gasteiger partial charge is 0.0952 e. The highest BCUT2D eigenvalue weighted by Crippen LogP contribution is 2.53. The van der Waals surface area contributed by atoms with Crippen LogP contribution in [0.3, 0.4) is 0 Å². The Morgan fingerprint density at radius 3 is 1.41 bits per heavy atom. The summed E-state index contributed by atoms with van der Waals surface area (Å²) in [6.45, 7) is 4.11. The second kappa shape index (κ2) is 22.5. The highest BCUT2D eigenvalue weighted by molar-refractivity contribution is 5.15. The van der Waals surface area contributed by atoms with E-state index < -0.39 is 0 Å². The van der Waals surface area contributed by atoms with E-state index in [1.807, 2.05) is 0 Å². The Kier molecular flexibility index (Phi) is 33.6. The van der Waals surface area contributed by atoms with Crippen LogP contribution in [0.25, 0.3) is 0 Å². The van der Waals surface area contributed by atoms with Crippen molar-refractivity contribution in [3.05, 3.63) is 36.8 Å². The summed E-state index contributed by atoms with van der Waals surface area (Å²) in [5, 5.41) is 0. The van der Waals surface area contributed by atoms with E-state index in [-0.39, 0.29) is 62.2 Å². The van der Waals surface area contributed by atoms with Gasteiger partial charge in [0.1, 0.15) is 0 Å². The van der Waals surface area contributed by atoms with Gasteiger partial charge in [0.15, 0.2) is 0 Å². The molecule has 27 heavy (non-hydrogen) atoms. The lowest BCUT2D eigenvalue weighted by Crippen LogP contribution is -2.18. The van der Waals surface area contributed by atoms with Gasteiger partial charge in [0, 0.05) is 0 Å². The van der Waals surface area contributed by atoms with E-state index in [1.54, 1.807) is 18.2 Å². The lowest BCUT2D eigenvalue weighted by atomic mass is 10.0.